The molecule has 0 atom stereocenters. The molecule has 1 N–H and O–H groups in total. The average molecular weight is 446 g/mol. The molecule has 0 aliphatic carbocycles. The largest absolute Gasteiger partial charge is 0.362 e. The summed E-state index contributed by atoms with van der Waals surface area (Å²) in [5.74, 6) is -0.316. The lowest BCUT2D eigenvalue weighted by atomic mass is 10.1. The molecule has 1 aliphatic rings. The van der Waals surface area contributed by atoms with Gasteiger partial charge in [0.05, 0.1) is 9.93 Å². The summed E-state index contributed by atoms with van der Waals surface area (Å²) in [5.41, 5.74) is 1.68. The van der Waals surface area contributed by atoms with Gasteiger partial charge in [-0.1, -0.05) is 0 Å². The first-order chi connectivity index (χ1) is 14.8. The van der Waals surface area contributed by atoms with E-state index < -0.39 is 4.92 Å². The fourth-order valence-electron chi connectivity index (χ4n) is 3.56. The summed E-state index contributed by atoms with van der Waals surface area (Å²) in [6.07, 6.45) is 2.61. The highest BCUT2D eigenvalue weighted by Crippen LogP contribution is 2.30. The fraction of sp³-hybridized carbons (Fsp3) is 0.476. The van der Waals surface area contributed by atoms with E-state index in [0.717, 1.165) is 30.0 Å². The highest BCUT2D eigenvalue weighted by atomic mass is 32.1. The van der Waals surface area contributed by atoms with Crippen LogP contribution < -0.4 is 10.2 Å². The molecule has 3 rings (SSSR count). The number of nitro groups is 1. The lowest BCUT2D eigenvalue weighted by Crippen LogP contribution is -2.48. The number of thiazole rings is 1. The number of benzene rings is 1. The second kappa shape index (κ2) is 10.3. The lowest BCUT2D eigenvalue weighted by molar-refractivity contribution is -0.384. The van der Waals surface area contributed by atoms with E-state index in [0.29, 0.717) is 38.4 Å². The van der Waals surface area contributed by atoms with E-state index in [1.54, 1.807) is 28.4 Å². The molecule has 1 aromatic heterocycles. The molecule has 2 amide bonds. The average Bonchev–Trinajstić information content (AvgIpc) is 3.18. The van der Waals surface area contributed by atoms with Gasteiger partial charge in [-0.15, -0.1) is 11.3 Å². The number of nitrogens with zero attached hydrogens (tertiary/aromatic N) is 4. The van der Waals surface area contributed by atoms with E-state index in [4.69, 9.17) is 0 Å². The number of hydrogen-bond acceptors (Lipinski definition) is 7. The number of aryl methyl sites for hydroxylation is 2. The van der Waals surface area contributed by atoms with Crippen LogP contribution in [0.5, 0.6) is 0 Å². The van der Waals surface area contributed by atoms with Crippen LogP contribution >= 0.6 is 11.3 Å². The van der Waals surface area contributed by atoms with E-state index in [9.17, 15) is 19.7 Å². The topological polar surface area (TPSA) is 109 Å². The van der Waals surface area contributed by atoms with Crippen LogP contribution in [0.2, 0.25) is 0 Å². The molecule has 9 nitrogen and oxygen atoms in total. The SMILES string of the molecule is CC(=O)N1CCN(c2ccc(C(=O)NCCCCc3nc(C)cs3)cc2[N+](=O)[O-])CC1. The zero-order valence-corrected chi connectivity index (χ0v) is 18.6. The van der Waals surface area contributed by atoms with Crippen molar-refractivity contribution in [1.29, 1.82) is 0 Å². The second-order valence-corrected chi connectivity index (χ2v) is 8.49. The predicted molar refractivity (Wildman–Crippen MR) is 120 cm³/mol. The Morgan fingerprint density at radius 3 is 2.58 bits per heavy atom. The van der Waals surface area contributed by atoms with Gasteiger partial charge in [0.25, 0.3) is 11.6 Å². The number of nitro benzene ring substituents is 1. The minimum Gasteiger partial charge on any atom is -0.362 e. The minimum absolute atomic E-state index is 0.00272. The summed E-state index contributed by atoms with van der Waals surface area (Å²) in [6, 6.07) is 4.58. The normalized spacial score (nSPS) is 13.9. The van der Waals surface area contributed by atoms with E-state index in [1.165, 1.54) is 13.0 Å². The summed E-state index contributed by atoms with van der Waals surface area (Å²) >= 11 is 1.64. The van der Waals surface area contributed by atoms with Crippen molar-refractivity contribution < 1.29 is 14.5 Å². The molecule has 2 aromatic rings. The minimum atomic E-state index is -0.459. The quantitative estimate of drug-likeness (QED) is 0.380. The van der Waals surface area contributed by atoms with Gasteiger partial charge in [-0.3, -0.25) is 19.7 Å². The van der Waals surface area contributed by atoms with Crippen molar-refractivity contribution in [2.45, 2.75) is 33.1 Å². The van der Waals surface area contributed by atoms with E-state index in [-0.39, 0.29) is 23.1 Å². The molecular weight excluding hydrogens is 418 g/mol. The lowest BCUT2D eigenvalue weighted by Gasteiger charge is -2.35. The number of anilines is 1. The van der Waals surface area contributed by atoms with Gasteiger partial charge in [0.2, 0.25) is 5.91 Å². The third-order valence-electron chi connectivity index (χ3n) is 5.27. The maximum Gasteiger partial charge on any atom is 0.293 e. The Morgan fingerprint density at radius 2 is 1.97 bits per heavy atom. The van der Waals surface area contributed by atoms with Crippen LogP contribution in [0.4, 0.5) is 11.4 Å². The first kappa shape index (κ1) is 22.7. The Kier molecular flexibility index (Phi) is 7.56. The molecule has 1 aromatic carbocycles. The zero-order chi connectivity index (χ0) is 22.4. The van der Waals surface area contributed by atoms with Crippen LogP contribution in [0.1, 0.15) is 40.8 Å². The number of carbonyl (C=O) groups is 2. The predicted octanol–water partition coefficient (Wildman–Crippen LogP) is 2.78. The maximum absolute atomic E-state index is 12.5. The van der Waals surface area contributed by atoms with Crippen LogP contribution in [-0.2, 0) is 11.2 Å². The van der Waals surface area contributed by atoms with Gasteiger partial charge in [-0.25, -0.2) is 4.98 Å². The van der Waals surface area contributed by atoms with E-state index in [2.05, 4.69) is 10.3 Å². The van der Waals surface area contributed by atoms with Crippen molar-refractivity contribution in [3.05, 3.63) is 50.0 Å². The number of carbonyl (C=O) groups excluding carboxylic acids is 2. The smallest absolute Gasteiger partial charge is 0.293 e. The van der Waals surface area contributed by atoms with Crippen molar-refractivity contribution in [3.8, 4) is 0 Å². The van der Waals surface area contributed by atoms with Gasteiger partial charge in [-0.05, 0) is 38.3 Å². The number of aromatic nitrogens is 1. The molecule has 2 heterocycles. The van der Waals surface area contributed by atoms with Crippen LogP contribution in [0.3, 0.4) is 0 Å². The van der Waals surface area contributed by atoms with Gasteiger partial charge >= 0.3 is 0 Å². The molecule has 0 spiro atoms. The summed E-state index contributed by atoms with van der Waals surface area (Å²) in [4.78, 5) is 43.1. The first-order valence-electron chi connectivity index (χ1n) is 10.3. The number of hydrogen-bond donors (Lipinski definition) is 1. The molecule has 0 saturated carbocycles. The van der Waals surface area contributed by atoms with Crippen molar-refractivity contribution in [2.24, 2.45) is 0 Å². The number of piperazine rings is 1. The summed E-state index contributed by atoms with van der Waals surface area (Å²) < 4.78 is 0. The first-order valence-corrected chi connectivity index (χ1v) is 11.2. The van der Waals surface area contributed by atoms with Gasteiger partial charge in [0, 0.05) is 62.4 Å². The van der Waals surface area contributed by atoms with Gasteiger partial charge in [-0.2, -0.15) is 0 Å². The van der Waals surface area contributed by atoms with Crippen molar-refractivity contribution in [3.63, 3.8) is 0 Å². The number of unbranched alkanes of at least 4 members (excludes halogenated alkanes) is 1. The van der Waals surface area contributed by atoms with Crippen molar-refractivity contribution in [1.82, 2.24) is 15.2 Å². The molecule has 1 aliphatic heterocycles. The Labute approximate surface area is 185 Å². The van der Waals surface area contributed by atoms with E-state index in [1.807, 2.05) is 17.2 Å². The molecule has 1 saturated heterocycles. The summed E-state index contributed by atoms with van der Waals surface area (Å²) in [5, 5.41) is 17.6. The summed E-state index contributed by atoms with van der Waals surface area (Å²) in [6.45, 7) is 6.08. The third-order valence-corrected chi connectivity index (χ3v) is 6.30. The zero-order valence-electron chi connectivity index (χ0n) is 17.8. The monoisotopic (exact) mass is 445 g/mol. The van der Waals surface area contributed by atoms with Crippen LogP contribution in [0.15, 0.2) is 23.6 Å². The fourth-order valence-corrected chi connectivity index (χ4v) is 4.38. The maximum atomic E-state index is 12.5. The Bertz CT molecular complexity index is 953. The Morgan fingerprint density at radius 1 is 1.23 bits per heavy atom. The number of amides is 2. The highest BCUT2D eigenvalue weighted by molar-refractivity contribution is 7.09. The Balaban J connectivity index is 1.55. The molecular formula is C21H27N5O4S. The number of nitrogens with one attached hydrogen (secondary N) is 1. The van der Waals surface area contributed by atoms with Gasteiger partial charge in [0.15, 0.2) is 0 Å². The molecule has 1 fully saturated rings. The molecule has 31 heavy (non-hydrogen) atoms. The van der Waals surface area contributed by atoms with Crippen LogP contribution in [0, 0.1) is 17.0 Å². The summed E-state index contributed by atoms with van der Waals surface area (Å²) in [7, 11) is 0. The van der Waals surface area contributed by atoms with E-state index >= 15 is 0 Å². The van der Waals surface area contributed by atoms with Crippen molar-refractivity contribution >= 4 is 34.5 Å². The highest BCUT2D eigenvalue weighted by Gasteiger charge is 2.25. The molecule has 0 unspecified atom stereocenters. The van der Waals surface area contributed by atoms with Gasteiger partial charge in [0.1, 0.15) is 5.69 Å². The second-order valence-electron chi connectivity index (χ2n) is 7.55. The molecule has 10 heteroatoms. The van der Waals surface area contributed by atoms with Crippen molar-refractivity contribution in [2.75, 3.05) is 37.6 Å². The molecule has 166 valence electrons. The Hall–Kier alpha value is -3.01. The number of rotatable bonds is 8. The molecule has 0 radical (unpaired) electrons. The third kappa shape index (κ3) is 6.00. The standard InChI is InChI=1S/C21H27N5O4S/c1-15-14-31-20(23-15)5-3-4-8-22-21(28)17-6-7-18(19(13-17)26(29)30)25-11-9-24(10-12-25)16(2)27/h6-7,13-14H,3-5,8-12H2,1-2H3,(H,22,28). The van der Waals surface area contributed by atoms with Crippen LogP contribution in [-0.4, -0.2) is 59.3 Å². The van der Waals surface area contributed by atoms with Gasteiger partial charge < -0.3 is 15.1 Å². The van der Waals surface area contributed by atoms with Crippen LogP contribution in [0.25, 0.3) is 0 Å². The molecule has 0 bridgehead atoms.